The van der Waals surface area contributed by atoms with Gasteiger partial charge in [-0.1, -0.05) is 23.2 Å². The molecule has 21 heavy (non-hydrogen) atoms. The molecule has 0 aliphatic rings. The van der Waals surface area contributed by atoms with Crippen LogP contribution in [0.5, 0.6) is 5.75 Å². The number of hydrogen-bond acceptors (Lipinski definition) is 4. The summed E-state index contributed by atoms with van der Waals surface area (Å²) in [6.07, 6.45) is 0. The normalized spacial score (nSPS) is 10.2. The quantitative estimate of drug-likeness (QED) is 0.324. The van der Waals surface area contributed by atoms with Crippen LogP contribution in [-0.2, 0) is 0 Å². The third-order valence-electron chi connectivity index (χ3n) is 2.48. The topological polar surface area (TPSA) is 69.4 Å². The van der Waals surface area contributed by atoms with Crippen molar-refractivity contribution in [1.29, 1.82) is 0 Å². The molecule has 5 nitrogen and oxygen atoms in total. The van der Waals surface area contributed by atoms with Gasteiger partial charge in [-0.2, -0.15) is 0 Å². The summed E-state index contributed by atoms with van der Waals surface area (Å²) in [5.74, 6) is -0.486. The molecule has 0 bridgehead atoms. The zero-order valence-electron chi connectivity index (χ0n) is 10.2. The average Bonchev–Trinajstić information content (AvgIpc) is 2.42. The van der Waals surface area contributed by atoms with Gasteiger partial charge in [-0.3, -0.25) is 10.1 Å². The highest BCUT2D eigenvalue weighted by molar-refractivity contribution is 9.10. The smallest absolute Gasteiger partial charge is 0.343 e. The van der Waals surface area contributed by atoms with Crippen molar-refractivity contribution in [2.24, 2.45) is 0 Å². The summed E-state index contributed by atoms with van der Waals surface area (Å²) in [7, 11) is 0. The molecule has 108 valence electrons. The summed E-state index contributed by atoms with van der Waals surface area (Å²) in [6, 6.07) is 8.31. The molecule has 0 aliphatic carbocycles. The molecule has 0 radical (unpaired) electrons. The Bertz CT molecular complexity index is 736. The molecule has 0 aromatic heterocycles. The monoisotopic (exact) mass is 389 g/mol. The standard InChI is InChI=1S/C13H6BrCl2NO4/c14-9-6-8(15)2-4-12(9)21-13(18)7-1-3-10(16)11(5-7)17(19)20/h1-6H. The number of carbonyl (C=O) groups is 1. The van der Waals surface area contributed by atoms with Crippen LogP contribution in [0.1, 0.15) is 10.4 Å². The minimum Gasteiger partial charge on any atom is -0.422 e. The summed E-state index contributed by atoms with van der Waals surface area (Å²) in [5, 5.41) is 11.2. The van der Waals surface area contributed by atoms with E-state index in [0.29, 0.717) is 9.50 Å². The predicted molar refractivity (Wildman–Crippen MR) is 82.2 cm³/mol. The second-order valence-electron chi connectivity index (χ2n) is 3.89. The Balaban J connectivity index is 2.28. The number of carbonyl (C=O) groups excluding carboxylic acids is 1. The van der Waals surface area contributed by atoms with Gasteiger partial charge in [-0.05, 0) is 46.3 Å². The van der Waals surface area contributed by atoms with Crippen molar-refractivity contribution in [3.63, 3.8) is 0 Å². The first kappa shape index (κ1) is 15.8. The lowest BCUT2D eigenvalue weighted by atomic mass is 10.2. The fourth-order valence-corrected chi connectivity index (χ4v) is 2.45. The van der Waals surface area contributed by atoms with Crippen LogP contribution in [0.25, 0.3) is 0 Å². The maximum atomic E-state index is 12.0. The van der Waals surface area contributed by atoms with Crippen molar-refractivity contribution in [2.45, 2.75) is 0 Å². The fourth-order valence-electron chi connectivity index (χ4n) is 1.50. The Kier molecular flexibility index (Phi) is 4.82. The van der Waals surface area contributed by atoms with E-state index in [1.165, 1.54) is 18.2 Å². The van der Waals surface area contributed by atoms with Gasteiger partial charge >= 0.3 is 5.97 Å². The van der Waals surface area contributed by atoms with Crippen LogP contribution in [0.15, 0.2) is 40.9 Å². The number of hydrogen-bond donors (Lipinski definition) is 0. The molecule has 2 aromatic rings. The Hall–Kier alpha value is -1.63. The molecule has 2 aromatic carbocycles. The molecule has 0 heterocycles. The van der Waals surface area contributed by atoms with Crippen molar-refractivity contribution in [1.82, 2.24) is 0 Å². The molecule has 2 rings (SSSR count). The lowest BCUT2D eigenvalue weighted by molar-refractivity contribution is -0.384. The second kappa shape index (κ2) is 6.43. The highest BCUT2D eigenvalue weighted by atomic mass is 79.9. The maximum absolute atomic E-state index is 12.0. The third kappa shape index (κ3) is 3.72. The molecule has 0 aliphatic heterocycles. The number of benzene rings is 2. The summed E-state index contributed by atoms with van der Waals surface area (Å²) < 4.78 is 5.64. The van der Waals surface area contributed by atoms with E-state index in [0.717, 1.165) is 6.07 Å². The summed E-state index contributed by atoms with van der Waals surface area (Å²) >= 11 is 14.7. The molecular weight excluding hydrogens is 385 g/mol. The first-order valence-corrected chi connectivity index (χ1v) is 7.04. The average molecular weight is 391 g/mol. The minimum atomic E-state index is -0.738. The Labute approximate surface area is 137 Å². The van der Waals surface area contributed by atoms with Gasteiger partial charge in [0.2, 0.25) is 0 Å². The van der Waals surface area contributed by atoms with Crippen LogP contribution in [0.3, 0.4) is 0 Å². The van der Waals surface area contributed by atoms with E-state index in [2.05, 4.69) is 15.9 Å². The summed E-state index contributed by atoms with van der Waals surface area (Å²) in [6.45, 7) is 0. The van der Waals surface area contributed by atoms with E-state index >= 15 is 0 Å². The van der Waals surface area contributed by atoms with Gasteiger partial charge in [0, 0.05) is 11.1 Å². The van der Waals surface area contributed by atoms with Gasteiger partial charge in [0.25, 0.3) is 5.69 Å². The number of nitro benzene ring substituents is 1. The lowest BCUT2D eigenvalue weighted by Crippen LogP contribution is -2.09. The SMILES string of the molecule is O=C(Oc1ccc(Cl)cc1Br)c1ccc(Cl)c([N+](=O)[O-])c1. The fraction of sp³-hybridized carbons (Fsp3) is 0. The summed E-state index contributed by atoms with van der Waals surface area (Å²) in [4.78, 5) is 22.1. The van der Waals surface area contributed by atoms with Gasteiger partial charge in [0.05, 0.1) is 15.0 Å². The zero-order valence-corrected chi connectivity index (χ0v) is 13.3. The molecule has 0 saturated carbocycles. The lowest BCUT2D eigenvalue weighted by Gasteiger charge is -2.07. The van der Waals surface area contributed by atoms with Gasteiger partial charge in [0.1, 0.15) is 10.8 Å². The van der Waals surface area contributed by atoms with Crippen LogP contribution in [0.4, 0.5) is 5.69 Å². The molecule has 0 spiro atoms. The maximum Gasteiger partial charge on any atom is 0.343 e. The van der Waals surface area contributed by atoms with Crippen LogP contribution in [0, 0.1) is 10.1 Å². The van der Waals surface area contributed by atoms with E-state index in [4.69, 9.17) is 27.9 Å². The van der Waals surface area contributed by atoms with Gasteiger partial charge < -0.3 is 4.74 Å². The number of nitro groups is 1. The van der Waals surface area contributed by atoms with Crippen LogP contribution >= 0.6 is 39.1 Å². The second-order valence-corrected chi connectivity index (χ2v) is 5.59. The predicted octanol–water partition coefficient (Wildman–Crippen LogP) is 4.88. The van der Waals surface area contributed by atoms with Crippen LogP contribution < -0.4 is 4.74 Å². The van der Waals surface area contributed by atoms with Gasteiger partial charge in [-0.15, -0.1) is 0 Å². The van der Waals surface area contributed by atoms with Crippen molar-refractivity contribution in [3.8, 4) is 5.75 Å². The molecule has 0 unspecified atom stereocenters. The highest BCUT2D eigenvalue weighted by Gasteiger charge is 2.18. The van der Waals surface area contributed by atoms with E-state index in [-0.39, 0.29) is 22.0 Å². The Morgan fingerprint density at radius 2 is 1.90 bits per heavy atom. The van der Waals surface area contributed by atoms with Gasteiger partial charge in [-0.25, -0.2) is 4.79 Å². The minimum absolute atomic E-state index is 0.0213. The van der Waals surface area contributed by atoms with E-state index < -0.39 is 10.9 Å². The van der Waals surface area contributed by atoms with Crippen molar-refractivity contribution in [3.05, 3.63) is 66.6 Å². The molecule has 8 heteroatoms. The molecular formula is C13H6BrCl2NO4. The molecule has 0 saturated heterocycles. The van der Waals surface area contributed by atoms with Crippen molar-refractivity contribution in [2.75, 3.05) is 0 Å². The van der Waals surface area contributed by atoms with Gasteiger partial charge in [0.15, 0.2) is 0 Å². The van der Waals surface area contributed by atoms with E-state index in [1.807, 2.05) is 0 Å². The number of rotatable bonds is 3. The van der Waals surface area contributed by atoms with Crippen LogP contribution in [0.2, 0.25) is 10.0 Å². The number of halogens is 3. The first-order valence-electron chi connectivity index (χ1n) is 5.49. The molecule has 0 atom stereocenters. The number of ether oxygens (including phenoxy) is 1. The van der Waals surface area contributed by atoms with Crippen molar-refractivity contribution < 1.29 is 14.5 Å². The summed E-state index contributed by atoms with van der Waals surface area (Å²) in [5.41, 5.74) is -0.339. The Morgan fingerprint density at radius 1 is 1.19 bits per heavy atom. The molecule has 0 fully saturated rings. The highest BCUT2D eigenvalue weighted by Crippen LogP contribution is 2.30. The third-order valence-corrected chi connectivity index (χ3v) is 3.65. The molecule has 0 N–H and O–H groups in total. The van der Waals surface area contributed by atoms with Crippen molar-refractivity contribution >= 4 is 50.8 Å². The van der Waals surface area contributed by atoms with Crippen LogP contribution in [-0.4, -0.2) is 10.9 Å². The van der Waals surface area contributed by atoms with E-state index in [1.54, 1.807) is 12.1 Å². The number of esters is 1. The zero-order chi connectivity index (χ0) is 15.6. The van der Waals surface area contributed by atoms with E-state index in [9.17, 15) is 14.9 Å². The first-order chi connectivity index (χ1) is 9.88. The Morgan fingerprint density at radius 3 is 2.52 bits per heavy atom. The number of nitrogens with zero attached hydrogens (tertiary/aromatic N) is 1. The largest absolute Gasteiger partial charge is 0.422 e. The molecule has 0 amide bonds.